The summed E-state index contributed by atoms with van der Waals surface area (Å²) in [4.78, 5) is 18.2. The molecule has 4 nitrogen and oxygen atoms in total. The fourth-order valence-corrected chi connectivity index (χ4v) is 4.38. The minimum atomic E-state index is -0.248. The third-order valence-corrected chi connectivity index (χ3v) is 5.85. The van der Waals surface area contributed by atoms with E-state index in [9.17, 15) is 9.90 Å². The van der Waals surface area contributed by atoms with Crippen LogP contribution in [0.5, 0.6) is 0 Å². The van der Waals surface area contributed by atoms with Crippen molar-refractivity contribution in [1.29, 1.82) is 0 Å². The number of nitrogens with zero attached hydrogens (tertiary/aromatic N) is 2. The minimum absolute atomic E-state index is 0.0465. The number of thioether (sulfide) groups is 1. The zero-order valence-electron chi connectivity index (χ0n) is 13.1. The van der Waals surface area contributed by atoms with Crippen molar-refractivity contribution in [3.63, 3.8) is 0 Å². The molecule has 1 fully saturated rings. The Balaban J connectivity index is 1.51. The molecule has 0 spiro atoms. The fourth-order valence-electron chi connectivity index (χ4n) is 3.10. The fraction of sp³-hybridized carbons (Fsp3) is 0.588. The van der Waals surface area contributed by atoms with E-state index in [1.165, 1.54) is 10.5 Å². The van der Waals surface area contributed by atoms with Gasteiger partial charge in [0.25, 0.3) is 0 Å². The summed E-state index contributed by atoms with van der Waals surface area (Å²) >= 11 is 1.71. The van der Waals surface area contributed by atoms with E-state index in [1.807, 2.05) is 24.0 Å². The van der Waals surface area contributed by atoms with E-state index in [4.69, 9.17) is 0 Å². The second kappa shape index (κ2) is 7.02. The van der Waals surface area contributed by atoms with E-state index in [0.717, 1.165) is 45.6 Å². The minimum Gasteiger partial charge on any atom is -0.392 e. The van der Waals surface area contributed by atoms with Crippen molar-refractivity contribution >= 4 is 17.7 Å². The van der Waals surface area contributed by atoms with Gasteiger partial charge < -0.3 is 10.0 Å². The van der Waals surface area contributed by atoms with Crippen molar-refractivity contribution in [3.8, 4) is 0 Å². The summed E-state index contributed by atoms with van der Waals surface area (Å²) < 4.78 is 0. The number of fused-ring (bicyclic) bond motifs is 1. The second-order valence-corrected chi connectivity index (χ2v) is 7.35. The van der Waals surface area contributed by atoms with Crippen LogP contribution in [0.2, 0.25) is 0 Å². The topological polar surface area (TPSA) is 43.8 Å². The summed E-state index contributed by atoms with van der Waals surface area (Å²) in [6, 6.07) is 8.32. The Morgan fingerprint density at radius 2 is 2.05 bits per heavy atom. The number of hydrogen-bond donors (Lipinski definition) is 1. The molecule has 2 unspecified atom stereocenters. The molecule has 2 aliphatic heterocycles. The first-order chi connectivity index (χ1) is 10.7. The van der Waals surface area contributed by atoms with Crippen LogP contribution in [0, 0.1) is 0 Å². The van der Waals surface area contributed by atoms with Gasteiger partial charge in [-0.15, -0.1) is 11.8 Å². The molecule has 2 heterocycles. The van der Waals surface area contributed by atoms with Gasteiger partial charge in [-0.25, -0.2) is 0 Å². The van der Waals surface area contributed by atoms with Gasteiger partial charge in [-0.1, -0.05) is 25.1 Å². The summed E-state index contributed by atoms with van der Waals surface area (Å²) in [6.45, 7) is 6.02. The monoisotopic (exact) mass is 320 g/mol. The first-order valence-corrected chi connectivity index (χ1v) is 8.99. The molecule has 1 saturated heterocycles. The molecule has 3 rings (SSSR count). The van der Waals surface area contributed by atoms with Crippen molar-refractivity contribution < 1.29 is 9.90 Å². The molecule has 0 saturated carbocycles. The Bertz CT molecular complexity index is 504. The quantitative estimate of drug-likeness (QED) is 0.915. The van der Waals surface area contributed by atoms with Crippen molar-refractivity contribution in [2.24, 2.45) is 0 Å². The number of β-amino-alcohol motifs (C(OH)–C–C–N with tert-alkyl or cyclic N) is 1. The first kappa shape index (κ1) is 15.8. The van der Waals surface area contributed by atoms with Gasteiger partial charge in [0.15, 0.2) is 0 Å². The van der Waals surface area contributed by atoms with Gasteiger partial charge in [0.1, 0.15) is 0 Å². The molecule has 0 bridgehead atoms. The lowest BCUT2D eigenvalue weighted by Gasteiger charge is -2.36. The third kappa shape index (κ3) is 3.47. The normalized spacial score (nSPS) is 23.4. The Morgan fingerprint density at radius 3 is 2.73 bits per heavy atom. The van der Waals surface area contributed by atoms with Gasteiger partial charge in [0.05, 0.1) is 11.4 Å². The van der Waals surface area contributed by atoms with Crippen LogP contribution in [0.1, 0.15) is 18.9 Å². The molecule has 22 heavy (non-hydrogen) atoms. The molecule has 1 N–H and O–H groups in total. The average molecular weight is 320 g/mol. The summed E-state index contributed by atoms with van der Waals surface area (Å²) in [5, 5.41) is 9.78. The van der Waals surface area contributed by atoms with Crippen molar-refractivity contribution in [3.05, 3.63) is 29.8 Å². The third-order valence-electron chi connectivity index (χ3n) is 4.55. The summed E-state index contributed by atoms with van der Waals surface area (Å²) in [7, 11) is 0. The van der Waals surface area contributed by atoms with Gasteiger partial charge >= 0.3 is 0 Å². The molecular formula is C17H24N2O2S. The highest BCUT2D eigenvalue weighted by molar-refractivity contribution is 8.01. The number of carbonyl (C=O) groups is 1. The molecule has 0 aliphatic carbocycles. The molecule has 0 radical (unpaired) electrons. The number of hydrogen-bond acceptors (Lipinski definition) is 4. The van der Waals surface area contributed by atoms with Gasteiger partial charge in [-0.3, -0.25) is 9.69 Å². The number of aliphatic hydroxyl groups is 1. The van der Waals surface area contributed by atoms with E-state index in [1.54, 1.807) is 11.8 Å². The molecular weight excluding hydrogens is 296 g/mol. The summed E-state index contributed by atoms with van der Waals surface area (Å²) in [5.74, 6) is 0.275. The number of amides is 1. The highest BCUT2D eigenvalue weighted by Gasteiger charge is 2.32. The predicted octanol–water partition coefficient (Wildman–Crippen LogP) is 1.62. The lowest BCUT2D eigenvalue weighted by Crippen LogP contribution is -2.52. The lowest BCUT2D eigenvalue weighted by atomic mass is 10.1. The lowest BCUT2D eigenvalue weighted by molar-refractivity contribution is -0.132. The van der Waals surface area contributed by atoms with Crippen LogP contribution >= 0.6 is 11.8 Å². The molecule has 5 heteroatoms. The van der Waals surface area contributed by atoms with Crippen molar-refractivity contribution in [1.82, 2.24) is 9.80 Å². The van der Waals surface area contributed by atoms with E-state index in [-0.39, 0.29) is 17.3 Å². The zero-order valence-corrected chi connectivity index (χ0v) is 13.9. The van der Waals surface area contributed by atoms with Crippen LogP contribution in [0.15, 0.2) is 29.2 Å². The Hall–Kier alpha value is -1.04. The van der Waals surface area contributed by atoms with Crippen LogP contribution in [0.4, 0.5) is 0 Å². The Kier molecular flexibility index (Phi) is 5.06. The maximum absolute atomic E-state index is 12.7. The largest absolute Gasteiger partial charge is 0.392 e. The number of piperazine rings is 1. The van der Waals surface area contributed by atoms with E-state index in [0.29, 0.717) is 0 Å². The molecule has 1 aromatic carbocycles. The Morgan fingerprint density at radius 1 is 1.32 bits per heavy atom. The van der Waals surface area contributed by atoms with Crippen LogP contribution in [-0.4, -0.2) is 64.9 Å². The average Bonchev–Trinajstić information content (AvgIpc) is 2.98. The molecule has 2 atom stereocenters. The van der Waals surface area contributed by atoms with Crippen LogP contribution in [-0.2, 0) is 11.2 Å². The SMILES string of the molecule is CCC(O)CN1CCN(C(=O)C2Cc3ccccc3S2)CC1. The summed E-state index contributed by atoms with van der Waals surface area (Å²) in [5.41, 5.74) is 1.30. The van der Waals surface area contributed by atoms with Gasteiger partial charge in [-0.2, -0.15) is 0 Å². The first-order valence-electron chi connectivity index (χ1n) is 8.11. The molecule has 1 amide bonds. The number of aliphatic hydroxyl groups excluding tert-OH is 1. The number of carbonyl (C=O) groups excluding carboxylic acids is 1. The van der Waals surface area contributed by atoms with Crippen LogP contribution in [0.25, 0.3) is 0 Å². The molecule has 0 aromatic heterocycles. The predicted molar refractivity (Wildman–Crippen MR) is 89.1 cm³/mol. The highest BCUT2D eigenvalue weighted by atomic mass is 32.2. The van der Waals surface area contributed by atoms with Gasteiger partial charge in [0.2, 0.25) is 5.91 Å². The maximum Gasteiger partial charge on any atom is 0.236 e. The maximum atomic E-state index is 12.7. The Labute approximate surface area is 136 Å². The number of benzene rings is 1. The van der Waals surface area contributed by atoms with Gasteiger partial charge in [-0.05, 0) is 24.5 Å². The highest BCUT2D eigenvalue weighted by Crippen LogP contribution is 2.37. The van der Waals surface area contributed by atoms with Crippen molar-refractivity contribution in [2.75, 3.05) is 32.7 Å². The summed E-state index contributed by atoms with van der Waals surface area (Å²) in [6.07, 6.45) is 1.40. The smallest absolute Gasteiger partial charge is 0.236 e. The second-order valence-electron chi connectivity index (χ2n) is 6.11. The standard InChI is InChI=1S/C17H24N2O2S/c1-2-14(20)12-18-7-9-19(10-8-18)17(21)16-11-13-5-3-4-6-15(13)22-16/h3-6,14,16,20H,2,7-12H2,1H3. The van der Waals surface area contributed by atoms with Gasteiger partial charge in [0, 0.05) is 37.6 Å². The molecule has 1 aromatic rings. The zero-order chi connectivity index (χ0) is 15.5. The molecule has 120 valence electrons. The van der Waals surface area contributed by atoms with E-state index in [2.05, 4.69) is 17.0 Å². The molecule has 2 aliphatic rings. The van der Waals surface area contributed by atoms with E-state index < -0.39 is 0 Å². The van der Waals surface area contributed by atoms with Crippen molar-refractivity contribution in [2.45, 2.75) is 36.0 Å². The van der Waals surface area contributed by atoms with E-state index >= 15 is 0 Å². The van der Waals surface area contributed by atoms with Crippen LogP contribution in [0.3, 0.4) is 0 Å². The van der Waals surface area contributed by atoms with Crippen LogP contribution < -0.4 is 0 Å². The number of rotatable bonds is 4.